The van der Waals surface area contributed by atoms with Gasteiger partial charge in [0, 0.05) is 0 Å². The summed E-state index contributed by atoms with van der Waals surface area (Å²) < 4.78 is 4.47. The quantitative estimate of drug-likeness (QED) is 0.536. The topological polar surface area (TPSA) is 26.3 Å². The highest BCUT2D eigenvalue weighted by atomic mass is 16.5. The molecule has 0 rings (SSSR count). The molecule has 0 aliphatic rings. The van der Waals surface area contributed by atoms with E-state index < -0.39 is 0 Å². The molecule has 0 saturated heterocycles. The molecular formula is C7H11O2. The lowest BCUT2D eigenvalue weighted by atomic mass is 10.2. The van der Waals surface area contributed by atoms with E-state index in [0.717, 1.165) is 5.57 Å². The molecule has 0 fully saturated rings. The standard InChI is InChI=1S/C7H11O2/c1-6(2)4-7(3)9-5-8/h4,7H,1-3H3. The van der Waals surface area contributed by atoms with E-state index in [1.165, 1.54) is 6.47 Å². The molecule has 1 radical (unpaired) electrons. The Morgan fingerprint density at radius 2 is 2.22 bits per heavy atom. The van der Waals surface area contributed by atoms with Crippen LogP contribution < -0.4 is 0 Å². The van der Waals surface area contributed by atoms with E-state index in [-0.39, 0.29) is 6.10 Å². The fourth-order valence-corrected chi connectivity index (χ4v) is 0.579. The zero-order chi connectivity index (χ0) is 7.28. The van der Waals surface area contributed by atoms with Crippen molar-refractivity contribution in [1.82, 2.24) is 0 Å². The first-order valence-electron chi connectivity index (χ1n) is 2.84. The maximum absolute atomic E-state index is 9.62. The number of hydrogen-bond acceptors (Lipinski definition) is 2. The Hall–Kier alpha value is -0.790. The Bertz CT molecular complexity index is 112. The van der Waals surface area contributed by atoms with Gasteiger partial charge in [0.15, 0.2) is 0 Å². The van der Waals surface area contributed by atoms with Gasteiger partial charge in [-0.3, -0.25) is 0 Å². The average Bonchev–Trinajstić information content (AvgIpc) is 1.63. The SMILES string of the molecule is CC(C)=CC(C)O[C]=O. The summed E-state index contributed by atoms with van der Waals surface area (Å²) in [5, 5.41) is 0. The maximum Gasteiger partial charge on any atom is 0.418 e. The summed E-state index contributed by atoms with van der Waals surface area (Å²) in [6, 6.07) is 0. The van der Waals surface area contributed by atoms with Crippen molar-refractivity contribution in [3.8, 4) is 0 Å². The molecule has 0 aromatic heterocycles. The molecule has 1 unspecified atom stereocenters. The molecule has 0 aromatic carbocycles. The second-order valence-electron chi connectivity index (χ2n) is 2.15. The Balaban J connectivity index is 3.61. The highest BCUT2D eigenvalue weighted by molar-refractivity contribution is 5.39. The van der Waals surface area contributed by atoms with E-state index in [0.29, 0.717) is 0 Å². The van der Waals surface area contributed by atoms with Crippen molar-refractivity contribution in [2.75, 3.05) is 0 Å². The summed E-state index contributed by atoms with van der Waals surface area (Å²) in [5.41, 5.74) is 1.14. The molecule has 0 heterocycles. The van der Waals surface area contributed by atoms with Gasteiger partial charge >= 0.3 is 6.47 Å². The van der Waals surface area contributed by atoms with Crippen LogP contribution in [0.1, 0.15) is 20.8 Å². The molecule has 0 amide bonds. The van der Waals surface area contributed by atoms with Crippen LogP contribution in [0.15, 0.2) is 11.6 Å². The second-order valence-corrected chi connectivity index (χ2v) is 2.15. The fraction of sp³-hybridized carbons (Fsp3) is 0.571. The van der Waals surface area contributed by atoms with E-state index >= 15 is 0 Å². The molecule has 0 aliphatic heterocycles. The smallest absolute Gasteiger partial charge is 0.418 e. The third-order valence-corrected chi connectivity index (χ3v) is 0.802. The van der Waals surface area contributed by atoms with Crippen LogP contribution in [0.4, 0.5) is 0 Å². The van der Waals surface area contributed by atoms with Crippen molar-refractivity contribution in [2.45, 2.75) is 26.9 Å². The molecule has 0 saturated carbocycles. The number of allylic oxidation sites excluding steroid dienone is 1. The van der Waals surface area contributed by atoms with Gasteiger partial charge in [-0.05, 0) is 26.8 Å². The van der Waals surface area contributed by atoms with Crippen LogP contribution in [0.25, 0.3) is 0 Å². The van der Waals surface area contributed by atoms with Crippen LogP contribution >= 0.6 is 0 Å². The van der Waals surface area contributed by atoms with Gasteiger partial charge in [-0.25, -0.2) is 4.79 Å². The monoisotopic (exact) mass is 127 g/mol. The molecule has 2 heteroatoms. The van der Waals surface area contributed by atoms with Crippen molar-refractivity contribution in [3.63, 3.8) is 0 Å². The highest BCUT2D eigenvalue weighted by Crippen LogP contribution is 1.95. The number of hydrogen-bond donors (Lipinski definition) is 0. The molecule has 2 nitrogen and oxygen atoms in total. The van der Waals surface area contributed by atoms with Gasteiger partial charge in [0.25, 0.3) is 0 Å². The van der Waals surface area contributed by atoms with Gasteiger partial charge < -0.3 is 4.74 Å². The molecule has 51 valence electrons. The lowest BCUT2D eigenvalue weighted by molar-refractivity contribution is 0.235. The molecule has 0 aromatic rings. The van der Waals surface area contributed by atoms with E-state index in [4.69, 9.17) is 0 Å². The van der Waals surface area contributed by atoms with Gasteiger partial charge in [0.2, 0.25) is 0 Å². The summed E-state index contributed by atoms with van der Waals surface area (Å²) >= 11 is 0. The minimum atomic E-state index is -0.146. The van der Waals surface area contributed by atoms with Crippen LogP contribution in [0.5, 0.6) is 0 Å². The normalized spacial score (nSPS) is 11.9. The summed E-state index contributed by atoms with van der Waals surface area (Å²) in [6.07, 6.45) is 1.71. The molecular weight excluding hydrogens is 116 g/mol. The predicted octanol–water partition coefficient (Wildman–Crippen LogP) is 1.42. The Labute approximate surface area is 55.5 Å². The zero-order valence-corrected chi connectivity index (χ0v) is 5.97. The van der Waals surface area contributed by atoms with Gasteiger partial charge in [0.1, 0.15) is 6.10 Å². The minimum absolute atomic E-state index is 0.146. The Morgan fingerprint density at radius 1 is 1.67 bits per heavy atom. The molecule has 9 heavy (non-hydrogen) atoms. The minimum Gasteiger partial charge on any atom is -0.450 e. The predicted molar refractivity (Wildman–Crippen MR) is 35.7 cm³/mol. The molecule has 1 atom stereocenters. The van der Waals surface area contributed by atoms with E-state index in [1.807, 2.05) is 19.9 Å². The summed E-state index contributed by atoms with van der Waals surface area (Å²) in [7, 11) is 0. The fourth-order valence-electron chi connectivity index (χ4n) is 0.579. The van der Waals surface area contributed by atoms with Crippen molar-refractivity contribution < 1.29 is 9.53 Å². The first kappa shape index (κ1) is 8.21. The molecule has 0 N–H and O–H groups in total. The van der Waals surface area contributed by atoms with Gasteiger partial charge in [-0.15, -0.1) is 0 Å². The van der Waals surface area contributed by atoms with Gasteiger partial charge in [-0.1, -0.05) is 5.57 Å². The number of rotatable bonds is 3. The van der Waals surface area contributed by atoms with E-state index in [2.05, 4.69) is 4.74 Å². The zero-order valence-electron chi connectivity index (χ0n) is 5.97. The van der Waals surface area contributed by atoms with E-state index in [9.17, 15) is 4.79 Å². The second kappa shape index (κ2) is 4.13. The molecule has 0 bridgehead atoms. The Kier molecular flexibility index (Phi) is 3.76. The number of ether oxygens (including phenoxy) is 1. The van der Waals surface area contributed by atoms with E-state index in [1.54, 1.807) is 6.92 Å². The summed E-state index contributed by atoms with van der Waals surface area (Å²) in [4.78, 5) is 9.62. The first-order chi connectivity index (χ1) is 4.16. The highest BCUT2D eigenvalue weighted by Gasteiger charge is 1.94. The summed E-state index contributed by atoms with van der Waals surface area (Å²) in [6.45, 7) is 7.07. The lowest BCUT2D eigenvalue weighted by Gasteiger charge is -2.01. The summed E-state index contributed by atoms with van der Waals surface area (Å²) in [5.74, 6) is 0. The van der Waals surface area contributed by atoms with Crippen molar-refractivity contribution >= 4 is 6.47 Å². The first-order valence-corrected chi connectivity index (χ1v) is 2.84. The molecule has 0 aliphatic carbocycles. The third kappa shape index (κ3) is 5.07. The van der Waals surface area contributed by atoms with Crippen LogP contribution in [0, 0.1) is 0 Å². The van der Waals surface area contributed by atoms with Crippen LogP contribution in [0.2, 0.25) is 0 Å². The average molecular weight is 127 g/mol. The maximum atomic E-state index is 9.62. The Morgan fingerprint density at radius 3 is 2.56 bits per heavy atom. The van der Waals surface area contributed by atoms with Crippen LogP contribution in [0.3, 0.4) is 0 Å². The van der Waals surface area contributed by atoms with Crippen LogP contribution in [-0.2, 0) is 9.53 Å². The van der Waals surface area contributed by atoms with Crippen LogP contribution in [-0.4, -0.2) is 12.6 Å². The lowest BCUT2D eigenvalue weighted by Crippen LogP contribution is -2.02. The van der Waals surface area contributed by atoms with Crippen molar-refractivity contribution in [1.29, 1.82) is 0 Å². The third-order valence-electron chi connectivity index (χ3n) is 0.802. The van der Waals surface area contributed by atoms with Gasteiger partial charge in [-0.2, -0.15) is 0 Å². The molecule has 0 spiro atoms. The van der Waals surface area contributed by atoms with Crippen molar-refractivity contribution in [2.24, 2.45) is 0 Å². The van der Waals surface area contributed by atoms with Gasteiger partial charge in [0.05, 0.1) is 0 Å². The largest absolute Gasteiger partial charge is 0.450 e. The number of carbonyl (C=O) groups excluding carboxylic acids is 1. The van der Waals surface area contributed by atoms with Crippen molar-refractivity contribution in [3.05, 3.63) is 11.6 Å².